The molecule has 1 aliphatic rings. The van der Waals surface area contributed by atoms with Crippen molar-refractivity contribution in [1.82, 2.24) is 4.98 Å². The molecular weight excluding hydrogens is 394 g/mol. The van der Waals surface area contributed by atoms with E-state index < -0.39 is 5.97 Å². The summed E-state index contributed by atoms with van der Waals surface area (Å²) in [5.74, 6) is 5.60. The molecule has 3 aromatic rings. The topological polar surface area (TPSA) is 50.2 Å². The Morgan fingerprint density at radius 2 is 1.78 bits per heavy atom. The van der Waals surface area contributed by atoms with Crippen LogP contribution < -0.4 is 0 Å². The Morgan fingerprint density at radius 3 is 2.44 bits per heavy atom. The predicted molar refractivity (Wildman–Crippen MR) is 129 cm³/mol. The van der Waals surface area contributed by atoms with Crippen molar-refractivity contribution in [3.8, 4) is 11.8 Å². The van der Waals surface area contributed by atoms with Crippen LogP contribution in [0.3, 0.4) is 0 Å². The van der Waals surface area contributed by atoms with E-state index in [-0.39, 0.29) is 5.41 Å². The van der Waals surface area contributed by atoms with Gasteiger partial charge in [0, 0.05) is 28.6 Å². The molecule has 160 valence electrons. The summed E-state index contributed by atoms with van der Waals surface area (Å²) in [6.45, 7) is 8.50. The number of carbonyl (C=O) groups is 1. The summed E-state index contributed by atoms with van der Waals surface area (Å²) in [5.41, 5.74) is 8.82. The van der Waals surface area contributed by atoms with E-state index in [1.807, 2.05) is 32.2 Å². The van der Waals surface area contributed by atoms with Gasteiger partial charge < -0.3 is 5.11 Å². The van der Waals surface area contributed by atoms with E-state index in [2.05, 4.69) is 61.0 Å². The number of aromatic nitrogens is 1. The molecule has 0 unspecified atom stereocenters. The Bertz CT molecular complexity index is 1280. The second-order valence-electron chi connectivity index (χ2n) is 8.94. The second-order valence-corrected chi connectivity index (χ2v) is 8.94. The summed E-state index contributed by atoms with van der Waals surface area (Å²) >= 11 is 0. The minimum Gasteiger partial charge on any atom is -0.478 e. The zero-order chi connectivity index (χ0) is 22.9. The van der Waals surface area contributed by atoms with E-state index in [0.717, 1.165) is 34.4 Å². The largest absolute Gasteiger partial charge is 0.478 e. The monoisotopic (exact) mass is 421 g/mol. The normalized spacial score (nSPS) is 14.1. The molecule has 0 fully saturated rings. The number of hydrogen-bond donors (Lipinski definition) is 1. The summed E-state index contributed by atoms with van der Waals surface area (Å²) in [5, 5.41) is 9.34. The van der Waals surface area contributed by atoms with Gasteiger partial charge in [-0.1, -0.05) is 50.8 Å². The Morgan fingerprint density at radius 1 is 1.06 bits per heavy atom. The lowest BCUT2D eigenvalue weighted by atomic mass is 9.72. The number of aromatic carboxylic acids is 1. The van der Waals surface area contributed by atoms with Gasteiger partial charge in [0.2, 0.25) is 0 Å². The maximum Gasteiger partial charge on any atom is 0.335 e. The van der Waals surface area contributed by atoms with E-state index in [0.29, 0.717) is 12.0 Å². The highest BCUT2D eigenvalue weighted by Gasteiger charge is 2.28. The number of benzene rings is 2. The molecule has 3 heteroatoms. The van der Waals surface area contributed by atoms with E-state index in [4.69, 9.17) is 0 Å². The highest BCUT2D eigenvalue weighted by atomic mass is 16.4. The molecule has 2 aromatic carbocycles. The highest BCUT2D eigenvalue weighted by Crippen LogP contribution is 2.41. The van der Waals surface area contributed by atoms with Crippen molar-refractivity contribution >= 4 is 11.5 Å². The molecule has 32 heavy (non-hydrogen) atoms. The van der Waals surface area contributed by atoms with Gasteiger partial charge in [0.15, 0.2) is 0 Å². The van der Waals surface area contributed by atoms with Gasteiger partial charge in [0.1, 0.15) is 0 Å². The lowest BCUT2D eigenvalue weighted by molar-refractivity contribution is 0.0695. The molecule has 1 aliphatic carbocycles. The van der Waals surface area contributed by atoms with Crippen LogP contribution in [0.2, 0.25) is 0 Å². The van der Waals surface area contributed by atoms with Crippen LogP contribution in [0.25, 0.3) is 5.57 Å². The molecule has 0 bridgehead atoms. The van der Waals surface area contributed by atoms with Gasteiger partial charge in [-0.2, -0.15) is 0 Å². The molecule has 0 atom stereocenters. The predicted octanol–water partition coefficient (Wildman–Crippen LogP) is 6.16. The first-order valence-corrected chi connectivity index (χ1v) is 10.9. The fourth-order valence-electron chi connectivity index (χ4n) is 4.23. The average Bonchev–Trinajstić information content (AvgIpc) is 2.78. The number of aryl methyl sites for hydroxylation is 2. The van der Waals surface area contributed by atoms with Gasteiger partial charge in [-0.3, -0.25) is 4.98 Å². The lowest BCUT2D eigenvalue weighted by Crippen LogP contribution is -2.22. The minimum absolute atomic E-state index is 0.0611. The number of carboxylic acid groups (broad SMARTS) is 1. The van der Waals surface area contributed by atoms with Crippen LogP contribution in [0.4, 0.5) is 0 Å². The fourth-order valence-corrected chi connectivity index (χ4v) is 4.23. The molecule has 1 heterocycles. The van der Waals surface area contributed by atoms with Crippen LogP contribution in [0, 0.1) is 18.8 Å². The van der Waals surface area contributed by atoms with E-state index in [9.17, 15) is 9.90 Å². The molecular formula is C29H27NO2. The van der Waals surface area contributed by atoms with Crippen molar-refractivity contribution in [3.05, 3.63) is 105 Å². The Labute approximate surface area is 189 Å². The van der Waals surface area contributed by atoms with E-state index >= 15 is 0 Å². The third kappa shape index (κ3) is 4.22. The smallest absolute Gasteiger partial charge is 0.335 e. The van der Waals surface area contributed by atoms with Crippen molar-refractivity contribution in [2.45, 2.75) is 46.0 Å². The SMILES string of the molecule is CCc1cc(C#Cc2ccc3c(c2)C(c2ccc(C)nc2)=CCC3(C)C)ccc1C(=O)O. The fraction of sp³-hybridized carbons (Fsp3) is 0.241. The Balaban J connectivity index is 1.74. The van der Waals surface area contributed by atoms with Crippen molar-refractivity contribution in [2.75, 3.05) is 0 Å². The highest BCUT2D eigenvalue weighted by molar-refractivity contribution is 5.89. The Hall–Kier alpha value is -3.64. The van der Waals surface area contributed by atoms with E-state index in [1.54, 1.807) is 12.1 Å². The van der Waals surface area contributed by atoms with Crippen molar-refractivity contribution in [2.24, 2.45) is 0 Å². The second kappa shape index (κ2) is 8.48. The van der Waals surface area contributed by atoms with Crippen LogP contribution >= 0.6 is 0 Å². The van der Waals surface area contributed by atoms with Crippen LogP contribution in [-0.2, 0) is 11.8 Å². The summed E-state index contributed by atoms with van der Waals surface area (Å²) in [6, 6.07) is 15.9. The first-order valence-electron chi connectivity index (χ1n) is 10.9. The maximum absolute atomic E-state index is 11.4. The molecule has 1 aromatic heterocycles. The van der Waals surface area contributed by atoms with Crippen LogP contribution in [-0.4, -0.2) is 16.1 Å². The molecule has 0 aliphatic heterocycles. The number of carboxylic acids is 1. The van der Waals surface area contributed by atoms with E-state index in [1.165, 1.54) is 16.7 Å². The number of pyridine rings is 1. The molecule has 0 saturated carbocycles. The first kappa shape index (κ1) is 21.6. The third-order valence-corrected chi connectivity index (χ3v) is 6.15. The zero-order valence-electron chi connectivity index (χ0n) is 19.0. The number of rotatable bonds is 3. The summed E-state index contributed by atoms with van der Waals surface area (Å²) in [4.78, 5) is 15.9. The standard InChI is InChI=1S/C29H27NO2/c1-5-22-16-20(9-12-25(22)28(31)32)7-8-21-10-13-27-26(17-21)24(14-15-29(27,3)4)23-11-6-19(2)30-18-23/h6,9-14,16-18H,5,15H2,1-4H3,(H,31,32). The van der Waals surface area contributed by atoms with Gasteiger partial charge in [-0.05, 0) is 83.8 Å². The molecule has 0 radical (unpaired) electrons. The molecule has 4 rings (SSSR count). The minimum atomic E-state index is -0.899. The van der Waals surface area contributed by atoms with Crippen molar-refractivity contribution in [1.29, 1.82) is 0 Å². The lowest BCUT2D eigenvalue weighted by Gasteiger charge is -2.32. The molecule has 0 amide bonds. The van der Waals surface area contributed by atoms with Crippen LogP contribution in [0.1, 0.15) is 76.6 Å². The third-order valence-electron chi connectivity index (χ3n) is 6.15. The number of fused-ring (bicyclic) bond motifs is 1. The van der Waals surface area contributed by atoms with Crippen LogP contribution in [0.5, 0.6) is 0 Å². The van der Waals surface area contributed by atoms with Gasteiger partial charge in [0.25, 0.3) is 0 Å². The van der Waals surface area contributed by atoms with Crippen molar-refractivity contribution in [3.63, 3.8) is 0 Å². The Kier molecular flexibility index (Phi) is 5.72. The summed E-state index contributed by atoms with van der Waals surface area (Å²) < 4.78 is 0. The quantitative estimate of drug-likeness (QED) is 0.515. The number of hydrogen-bond acceptors (Lipinski definition) is 2. The summed E-state index contributed by atoms with van der Waals surface area (Å²) in [6.07, 6.45) is 5.88. The molecule has 3 nitrogen and oxygen atoms in total. The van der Waals surface area contributed by atoms with Gasteiger partial charge >= 0.3 is 5.97 Å². The molecule has 1 N–H and O–H groups in total. The zero-order valence-corrected chi connectivity index (χ0v) is 19.0. The first-order chi connectivity index (χ1) is 15.3. The number of allylic oxidation sites excluding steroid dienone is 1. The maximum atomic E-state index is 11.4. The molecule has 0 saturated heterocycles. The van der Waals surface area contributed by atoms with Crippen LogP contribution in [0.15, 0.2) is 60.8 Å². The summed E-state index contributed by atoms with van der Waals surface area (Å²) in [7, 11) is 0. The van der Waals surface area contributed by atoms with Crippen molar-refractivity contribution < 1.29 is 9.90 Å². The number of nitrogens with zero attached hydrogens (tertiary/aromatic N) is 1. The molecule has 0 spiro atoms. The van der Waals surface area contributed by atoms with Gasteiger partial charge in [-0.15, -0.1) is 0 Å². The van der Waals surface area contributed by atoms with Gasteiger partial charge in [-0.25, -0.2) is 4.79 Å². The average molecular weight is 422 g/mol. The van der Waals surface area contributed by atoms with Gasteiger partial charge in [0.05, 0.1) is 5.56 Å².